The molecular weight excluding hydrogens is 328 g/mol. The lowest BCUT2D eigenvalue weighted by molar-refractivity contribution is 0.303. The number of unbranched alkanes of at least 4 members (excludes halogenated alkanes) is 1. The second kappa shape index (κ2) is 10.5. The molecule has 1 nitrogen and oxygen atoms in total. The Labute approximate surface area is 166 Å². The van der Waals surface area contributed by atoms with Crippen molar-refractivity contribution < 1.29 is 4.74 Å². The first kappa shape index (κ1) is 20.0. The van der Waals surface area contributed by atoms with E-state index < -0.39 is 0 Å². The van der Waals surface area contributed by atoms with Crippen LogP contribution in [0.5, 0.6) is 5.75 Å². The van der Waals surface area contributed by atoms with Crippen LogP contribution in [0.25, 0.3) is 0 Å². The molecule has 0 saturated heterocycles. The zero-order valence-electron chi connectivity index (χ0n) is 17.3. The van der Waals surface area contributed by atoms with Crippen molar-refractivity contribution in [2.24, 2.45) is 5.92 Å². The Balaban J connectivity index is 1.46. The molecule has 0 amide bonds. The maximum Gasteiger partial charge on any atom is 0.119 e. The number of benzene rings is 2. The highest BCUT2D eigenvalue weighted by atomic mass is 16.5. The Hall–Kier alpha value is -1.76. The van der Waals surface area contributed by atoms with Gasteiger partial charge in [0.1, 0.15) is 12.4 Å². The highest BCUT2D eigenvalue weighted by molar-refractivity contribution is 5.30. The molecule has 0 bridgehead atoms. The van der Waals surface area contributed by atoms with E-state index in [0.29, 0.717) is 6.61 Å². The Kier molecular flexibility index (Phi) is 7.80. The molecule has 2 aromatic rings. The van der Waals surface area contributed by atoms with Gasteiger partial charge in [-0.05, 0) is 79.2 Å². The lowest BCUT2D eigenvalue weighted by atomic mass is 9.77. The van der Waals surface area contributed by atoms with Crippen molar-refractivity contribution in [1.82, 2.24) is 0 Å². The van der Waals surface area contributed by atoms with Gasteiger partial charge < -0.3 is 4.74 Å². The van der Waals surface area contributed by atoms with Gasteiger partial charge in [-0.15, -0.1) is 0 Å². The van der Waals surface area contributed by atoms with Gasteiger partial charge in [0.05, 0.1) is 0 Å². The first-order chi connectivity index (χ1) is 13.3. The number of aryl methyl sites for hydroxylation is 1. The molecule has 3 rings (SSSR count). The SMILES string of the molecule is CCCCc1ccc(COc2ccc(C3CCC(CCC)CC3)cc2)cc1. The Morgan fingerprint density at radius 1 is 0.778 bits per heavy atom. The Morgan fingerprint density at radius 3 is 2.07 bits per heavy atom. The summed E-state index contributed by atoms with van der Waals surface area (Å²) in [5.74, 6) is 2.71. The van der Waals surface area contributed by atoms with E-state index in [0.717, 1.165) is 17.6 Å². The Morgan fingerprint density at radius 2 is 1.44 bits per heavy atom. The van der Waals surface area contributed by atoms with E-state index in [1.54, 1.807) is 0 Å². The fourth-order valence-electron chi connectivity index (χ4n) is 4.38. The van der Waals surface area contributed by atoms with E-state index in [1.807, 2.05) is 0 Å². The third-order valence-corrected chi connectivity index (χ3v) is 6.14. The summed E-state index contributed by atoms with van der Waals surface area (Å²) in [6, 6.07) is 17.8. The molecule has 1 saturated carbocycles. The van der Waals surface area contributed by atoms with Crippen molar-refractivity contribution in [2.75, 3.05) is 0 Å². The van der Waals surface area contributed by atoms with Crippen LogP contribution in [0.4, 0.5) is 0 Å². The first-order valence-corrected chi connectivity index (χ1v) is 11.1. The molecule has 0 unspecified atom stereocenters. The van der Waals surface area contributed by atoms with Gasteiger partial charge in [0, 0.05) is 0 Å². The molecule has 0 N–H and O–H groups in total. The first-order valence-electron chi connectivity index (χ1n) is 11.1. The van der Waals surface area contributed by atoms with Gasteiger partial charge in [-0.3, -0.25) is 0 Å². The molecule has 1 aliphatic carbocycles. The van der Waals surface area contributed by atoms with Crippen molar-refractivity contribution in [3.8, 4) is 5.75 Å². The summed E-state index contributed by atoms with van der Waals surface area (Å²) in [5, 5.41) is 0. The smallest absolute Gasteiger partial charge is 0.119 e. The third-order valence-electron chi connectivity index (χ3n) is 6.14. The lowest BCUT2D eigenvalue weighted by Crippen LogP contribution is -2.13. The van der Waals surface area contributed by atoms with Crippen molar-refractivity contribution in [3.63, 3.8) is 0 Å². The van der Waals surface area contributed by atoms with Crippen LogP contribution in [0, 0.1) is 5.92 Å². The van der Waals surface area contributed by atoms with Crippen LogP contribution in [-0.2, 0) is 13.0 Å². The normalized spacial score (nSPS) is 19.8. The van der Waals surface area contributed by atoms with Gasteiger partial charge in [0.25, 0.3) is 0 Å². The highest BCUT2D eigenvalue weighted by Crippen LogP contribution is 2.37. The largest absolute Gasteiger partial charge is 0.489 e. The predicted molar refractivity (Wildman–Crippen MR) is 115 cm³/mol. The molecule has 2 aromatic carbocycles. The van der Waals surface area contributed by atoms with E-state index in [2.05, 4.69) is 62.4 Å². The average Bonchev–Trinajstić information content (AvgIpc) is 2.73. The van der Waals surface area contributed by atoms with Crippen LogP contribution >= 0.6 is 0 Å². The number of ether oxygens (including phenoxy) is 1. The lowest BCUT2D eigenvalue weighted by Gasteiger charge is -2.28. The molecular formula is C26H36O. The zero-order chi connectivity index (χ0) is 18.9. The third kappa shape index (κ3) is 6.13. The summed E-state index contributed by atoms with van der Waals surface area (Å²) in [4.78, 5) is 0. The van der Waals surface area contributed by atoms with Gasteiger partial charge in [-0.2, -0.15) is 0 Å². The minimum absolute atomic E-state index is 0.648. The summed E-state index contributed by atoms with van der Waals surface area (Å²) >= 11 is 0. The molecule has 0 aliphatic heterocycles. The minimum Gasteiger partial charge on any atom is -0.489 e. The predicted octanol–water partition coefficient (Wildman–Crippen LogP) is 7.68. The van der Waals surface area contributed by atoms with E-state index in [1.165, 1.54) is 74.5 Å². The molecule has 0 aromatic heterocycles. The topological polar surface area (TPSA) is 9.23 Å². The van der Waals surface area contributed by atoms with Crippen molar-refractivity contribution >= 4 is 0 Å². The molecule has 1 heteroatoms. The van der Waals surface area contributed by atoms with Gasteiger partial charge in [0.2, 0.25) is 0 Å². The van der Waals surface area contributed by atoms with E-state index >= 15 is 0 Å². The van der Waals surface area contributed by atoms with E-state index in [-0.39, 0.29) is 0 Å². The van der Waals surface area contributed by atoms with Gasteiger partial charge in [-0.1, -0.05) is 69.5 Å². The molecule has 0 atom stereocenters. The maximum atomic E-state index is 6.00. The quantitative estimate of drug-likeness (QED) is 0.443. The van der Waals surface area contributed by atoms with Crippen LogP contribution < -0.4 is 4.74 Å². The Bertz CT molecular complexity index is 648. The van der Waals surface area contributed by atoms with E-state index in [4.69, 9.17) is 4.74 Å². The van der Waals surface area contributed by atoms with Crippen LogP contribution in [0.3, 0.4) is 0 Å². The van der Waals surface area contributed by atoms with Gasteiger partial charge >= 0.3 is 0 Å². The molecule has 1 fully saturated rings. The summed E-state index contributed by atoms with van der Waals surface area (Å²) in [7, 11) is 0. The van der Waals surface area contributed by atoms with E-state index in [9.17, 15) is 0 Å². The molecule has 0 spiro atoms. The maximum absolute atomic E-state index is 6.00. The minimum atomic E-state index is 0.648. The fraction of sp³-hybridized carbons (Fsp3) is 0.538. The number of rotatable bonds is 9. The number of hydrogen-bond acceptors (Lipinski definition) is 1. The summed E-state index contributed by atoms with van der Waals surface area (Å²) < 4.78 is 6.00. The fourth-order valence-corrected chi connectivity index (χ4v) is 4.38. The van der Waals surface area contributed by atoms with Crippen molar-refractivity contribution in [1.29, 1.82) is 0 Å². The van der Waals surface area contributed by atoms with Crippen LogP contribution in [-0.4, -0.2) is 0 Å². The second-order valence-electron chi connectivity index (χ2n) is 8.28. The van der Waals surface area contributed by atoms with Crippen LogP contribution in [0.2, 0.25) is 0 Å². The average molecular weight is 365 g/mol. The standard InChI is InChI=1S/C26H36O/c1-3-5-7-22-8-10-23(11-9-22)20-27-26-18-16-25(17-19-26)24-14-12-21(6-4-2)13-15-24/h8-11,16-19,21,24H,3-7,12-15,20H2,1-2H3. The monoisotopic (exact) mass is 364 g/mol. The molecule has 1 aliphatic rings. The number of hydrogen-bond donors (Lipinski definition) is 0. The molecule has 146 valence electrons. The van der Waals surface area contributed by atoms with Crippen LogP contribution in [0.1, 0.15) is 87.8 Å². The van der Waals surface area contributed by atoms with Crippen molar-refractivity contribution in [3.05, 3.63) is 65.2 Å². The second-order valence-corrected chi connectivity index (χ2v) is 8.28. The van der Waals surface area contributed by atoms with Gasteiger partial charge in [-0.25, -0.2) is 0 Å². The molecule has 0 radical (unpaired) electrons. The summed E-state index contributed by atoms with van der Waals surface area (Å²) in [6.07, 6.45) is 12.0. The zero-order valence-corrected chi connectivity index (χ0v) is 17.3. The summed E-state index contributed by atoms with van der Waals surface area (Å²) in [5.41, 5.74) is 4.17. The molecule has 0 heterocycles. The molecule has 27 heavy (non-hydrogen) atoms. The van der Waals surface area contributed by atoms with Crippen molar-refractivity contribution in [2.45, 2.75) is 84.2 Å². The summed E-state index contributed by atoms with van der Waals surface area (Å²) in [6.45, 7) is 5.20. The van der Waals surface area contributed by atoms with Crippen LogP contribution in [0.15, 0.2) is 48.5 Å². The van der Waals surface area contributed by atoms with Gasteiger partial charge in [0.15, 0.2) is 0 Å². The highest BCUT2D eigenvalue weighted by Gasteiger charge is 2.21.